The summed E-state index contributed by atoms with van der Waals surface area (Å²) >= 11 is 0. The minimum Gasteiger partial charge on any atom is -0.399 e. The molecule has 0 aliphatic heterocycles. The van der Waals surface area contributed by atoms with Crippen LogP contribution in [0.1, 0.15) is 27.0 Å². The van der Waals surface area contributed by atoms with Crippen LogP contribution in [0.3, 0.4) is 0 Å². The van der Waals surface area contributed by atoms with Crippen LogP contribution in [0.25, 0.3) is 10.9 Å². The van der Waals surface area contributed by atoms with Gasteiger partial charge < -0.3 is 10.7 Å². The largest absolute Gasteiger partial charge is 0.399 e. The first-order chi connectivity index (χ1) is 10.1. The van der Waals surface area contributed by atoms with E-state index >= 15 is 0 Å². The van der Waals surface area contributed by atoms with E-state index < -0.39 is 0 Å². The number of nitrogen functional groups attached to an aromatic ring is 1. The van der Waals surface area contributed by atoms with Crippen LogP contribution in [-0.4, -0.2) is 10.8 Å². The Morgan fingerprint density at radius 3 is 2.76 bits per heavy atom. The number of aromatic amines is 1. The number of nitrogens with one attached hydrogen (secondary N) is 1. The van der Waals surface area contributed by atoms with Crippen LogP contribution in [0.2, 0.25) is 0 Å². The van der Waals surface area contributed by atoms with Gasteiger partial charge >= 0.3 is 0 Å². The van der Waals surface area contributed by atoms with Crippen molar-refractivity contribution in [1.29, 1.82) is 5.26 Å². The molecule has 3 rings (SSSR count). The predicted molar refractivity (Wildman–Crippen MR) is 82.0 cm³/mol. The molecular weight excluding hydrogens is 262 g/mol. The lowest BCUT2D eigenvalue weighted by Gasteiger charge is -2.04. The summed E-state index contributed by atoms with van der Waals surface area (Å²) in [5.41, 5.74) is 9.84. The number of nitriles is 1. The van der Waals surface area contributed by atoms with Gasteiger partial charge in [0.25, 0.3) is 0 Å². The molecule has 0 aliphatic rings. The maximum atomic E-state index is 12.6. The fraction of sp³-hybridized carbons (Fsp3) is 0.0588. The summed E-state index contributed by atoms with van der Waals surface area (Å²) in [6.07, 6.45) is 1.68. The molecule has 0 bridgehead atoms. The molecule has 2 aromatic carbocycles. The first kappa shape index (κ1) is 12.9. The molecule has 0 spiro atoms. The number of anilines is 1. The second-order valence-electron chi connectivity index (χ2n) is 4.98. The summed E-state index contributed by atoms with van der Waals surface area (Å²) in [7, 11) is 0. The predicted octanol–water partition coefficient (Wildman–Crippen LogP) is 3.16. The van der Waals surface area contributed by atoms with Crippen molar-refractivity contribution in [2.24, 2.45) is 0 Å². The molecule has 0 saturated carbocycles. The van der Waals surface area contributed by atoms with Gasteiger partial charge in [0.2, 0.25) is 0 Å². The van der Waals surface area contributed by atoms with E-state index in [1.54, 1.807) is 42.6 Å². The minimum absolute atomic E-state index is 0.0839. The second-order valence-corrected chi connectivity index (χ2v) is 4.98. The van der Waals surface area contributed by atoms with Gasteiger partial charge in [0.15, 0.2) is 5.78 Å². The van der Waals surface area contributed by atoms with Gasteiger partial charge in [0.1, 0.15) is 0 Å². The Balaban J connectivity index is 2.13. The summed E-state index contributed by atoms with van der Waals surface area (Å²) in [4.78, 5) is 15.7. The summed E-state index contributed by atoms with van der Waals surface area (Å²) in [5.74, 6) is -0.0839. The van der Waals surface area contributed by atoms with E-state index in [4.69, 9.17) is 11.0 Å². The average Bonchev–Trinajstić information content (AvgIpc) is 2.92. The van der Waals surface area contributed by atoms with Crippen molar-refractivity contribution in [3.05, 3.63) is 64.8 Å². The molecule has 1 aromatic heterocycles. The molecule has 0 amide bonds. The third kappa shape index (κ3) is 2.15. The van der Waals surface area contributed by atoms with Crippen molar-refractivity contribution < 1.29 is 4.79 Å². The average molecular weight is 275 g/mol. The zero-order valence-electron chi connectivity index (χ0n) is 11.5. The summed E-state index contributed by atoms with van der Waals surface area (Å²) in [5, 5.41) is 9.75. The van der Waals surface area contributed by atoms with Gasteiger partial charge in [-0.2, -0.15) is 5.26 Å². The summed E-state index contributed by atoms with van der Waals surface area (Å²) in [6.45, 7) is 1.87. The SMILES string of the molecule is Cc1cc(C(=O)c2c[nH]c3ccc(C#N)cc23)ccc1N. The smallest absolute Gasteiger partial charge is 0.195 e. The fourth-order valence-electron chi connectivity index (χ4n) is 2.35. The molecule has 3 N–H and O–H groups in total. The lowest BCUT2D eigenvalue weighted by molar-refractivity contribution is 0.104. The van der Waals surface area contributed by atoms with Crippen molar-refractivity contribution in [1.82, 2.24) is 4.98 Å². The summed E-state index contributed by atoms with van der Waals surface area (Å²) < 4.78 is 0. The molecule has 1 heterocycles. The maximum absolute atomic E-state index is 12.6. The van der Waals surface area contributed by atoms with Gasteiger partial charge in [0, 0.05) is 33.9 Å². The number of nitrogens with two attached hydrogens (primary N) is 1. The molecule has 102 valence electrons. The van der Waals surface area contributed by atoms with Crippen LogP contribution in [0, 0.1) is 18.3 Å². The normalized spacial score (nSPS) is 10.5. The van der Waals surface area contributed by atoms with Gasteiger partial charge in [0.05, 0.1) is 11.6 Å². The number of carbonyl (C=O) groups excluding carboxylic acids is 1. The summed E-state index contributed by atoms with van der Waals surface area (Å²) in [6, 6.07) is 12.6. The number of H-pyrrole nitrogens is 1. The number of benzene rings is 2. The Hall–Kier alpha value is -3.06. The molecule has 0 fully saturated rings. The van der Waals surface area contributed by atoms with Crippen LogP contribution in [0.4, 0.5) is 5.69 Å². The van der Waals surface area contributed by atoms with E-state index in [-0.39, 0.29) is 5.78 Å². The molecule has 0 saturated heterocycles. The number of aromatic nitrogens is 1. The Kier molecular flexibility index (Phi) is 2.96. The number of ketones is 1. The highest BCUT2D eigenvalue weighted by molar-refractivity contribution is 6.16. The van der Waals surface area contributed by atoms with Gasteiger partial charge in [-0.3, -0.25) is 4.79 Å². The first-order valence-electron chi connectivity index (χ1n) is 6.52. The number of nitrogens with zero attached hydrogens (tertiary/aromatic N) is 1. The van der Waals surface area contributed by atoms with Crippen molar-refractivity contribution in [3.63, 3.8) is 0 Å². The van der Waals surface area contributed by atoms with Gasteiger partial charge in [-0.05, 0) is 48.9 Å². The zero-order chi connectivity index (χ0) is 15.0. The van der Waals surface area contributed by atoms with Crippen molar-refractivity contribution >= 4 is 22.4 Å². The molecule has 0 radical (unpaired) electrons. The number of fused-ring (bicyclic) bond motifs is 1. The van der Waals surface area contributed by atoms with Crippen molar-refractivity contribution in [2.45, 2.75) is 6.92 Å². The highest BCUT2D eigenvalue weighted by atomic mass is 16.1. The second kappa shape index (κ2) is 4.80. The van der Waals surface area contributed by atoms with E-state index in [1.807, 2.05) is 6.92 Å². The topological polar surface area (TPSA) is 82.7 Å². The standard InChI is InChI=1S/C17H13N3O/c1-10-6-12(3-4-15(10)19)17(21)14-9-20-16-5-2-11(8-18)7-13(14)16/h2-7,9,20H,19H2,1H3. The lowest BCUT2D eigenvalue weighted by atomic mass is 10.00. The molecular formula is C17H13N3O. The fourth-order valence-corrected chi connectivity index (χ4v) is 2.35. The minimum atomic E-state index is -0.0839. The number of hydrogen-bond acceptors (Lipinski definition) is 3. The van der Waals surface area contributed by atoms with Gasteiger partial charge in [-0.1, -0.05) is 0 Å². The number of aryl methyl sites for hydroxylation is 1. The third-order valence-corrected chi connectivity index (χ3v) is 3.59. The maximum Gasteiger partial charge on any atom is 0.195 e. The zero-order valence-corrected chi connectivity index (χ0v) is 11.5. The molecule has 3 aromatic rings. The van der Waals surface area contributed by atoms with Crippen LogP contribution < -0.4 is 5.73 Å². The van der Waals surface area contributed by atoms with Crippen molar-refractivity contribution in [2.75, 3.05) is 5.73 Å². The Morgan fingerprint density at radius 1 is 1.24 bits per heavy atom. The number of rotatable bonds is 2. The van der Waals surface area contributed by atoms with E-state index in [1.165, 1.54) is 0 Å². The molecule has 4 nitrogen and oxygen atoms in total. The number of hydrogen-bond donors (Lipinski definition) is 2. The van der Waals surface area contributed by atoms with E-state index in [0.717, 1.165) is 16.5 Å². The van der Waals surface area contributed by atoms with Crippen molar-refractivity contribution in [3.8, 4) is 6.07 Å². The lowest BCUT2D eigenvalue weighted by Crippen LogP contribution is -2.02. The van der Waals surface area contributed by atoms with E-state index in [9.17, 15) is 4.79 Å². The Labute approximate surface area is 121 Å². The Bertz CT molecular complexity index is 900. The van der Waals surface area contributed by atoms with Gasteiger partial charge in [-0.25, -0.2) is 0 Å². The van der Waals surface area contributed by atoms with Gasteiger partial charge in [-0.15, -0.1) is 0 Å². The molecule has 4 heteroatoms. The van der Waals surface area contributed by atoms with Crippen LogP contribution in [0.5, 0.6) is 0 Å². The molecule has 0 atom stereocenters. The Morgan fingerprint density at radius 2 is 2.05 bits per heavy atom. The molecule has 0 unspecified atom stereocenters. The highest BCUT2D eigenvalue weighted by Gasteiger charge is 2.15. The monoisotopic (exact) mass is 275 g/mol. The van der Waals surface area contributed by atoms with E-state index in [2.05, 4.69) is 11.1 Å². The number of carbonyl (C=O) groups is 1. The molecule has 21 heavy (non-hydrogen) atoms. The highest BCUT2D eigenvalue weighted by Crippen LogP contribution is 2.23. The van der Waals surface area contributed by atoms with Crippen LogP contribution in [-0.2, 0) is 0 Å². The van der Waals surface area contributed by atoms with Crippen LogP contribution in [0.15, 0.2) is 42.6 Å². The first-order valence-corrected chi connectivity index (χ1v) is 6.52. The van der Waals surface area contributed by atoms with E-state index in [0.29, 0.717) is 22.4 Å². The quantitative estimate of drug-likeness (QED) is 0.556. The third-order valence-electron chi connectivity index (χ3n) is 3.59. The molecule has 0 aliphatic carbocycles. The van der Waals surface area contributed by atoms with Crippen LogP contribution >= 0.6 is 0 Å².